The topological polar surface area (TPSA) is 151 Å². The van der Waals surface area contributed by atoms with Gasteiger partial charge in [0.25, 0.3) is 0 Å². The number of sulfonamides is 1. The highest BCUT2D eigenvalue weighted by molar-refractivity contribution is 7.89. The first-order valence-electron chi connectivity index (χ1n) is 17.8. The third-order valence-electron chi connectivity index (χ3n) is 9.79. The molecule has 1 fully saturated rings. The molecule has 2 aliphatic rings. The molecule has 0 spiro atoms. The van der Waals surface area contributed by atoms with E-state index in [2.05, 4.69) is 16.0 Å². The Bertz CT molecular complexity index is 1940. The molecular formula is C40H50N4O7S. The first-order chi connectivity index (χ1) is 24.5. The molecule has 1 aliphatic heterocycles. The fraction of sp³-hybridized carbons (Fsp3) is 0.450. The predicted octanol–water partition coefficient (Wildman–Crippen LogP) is 6.61. The summed E-state index contributed by atoms with van der Waals surface area (Å²) in [4.78, 5) is 52.2. The molecule has 3 N–H and O–H groups in total. The van der Waals surface area contributed by atoms with Gasteiger partial charge >= 0.3 is 6.09 Å². The SMILES string of the molecule is Cc1ccc(S(=O)(=O)N(C)C)cc1-c1cccc(C[C@H](CC(=O)C2CCC(CNC(=O)OC(C)(C)C)CC2)C(=O)Nc2ccc3c(c2)NCC3=O)c1. The monoisotopic (exact) mass is 730 g/mol. The largest absolute Gasteiger partial charge is 0.444 e. The van der Waals surface area contributed by atoms with Gasteiger partial charge in [-0.15, -0.1) is 0 Å². The van der Waals surface area contributed by atoms with E-state index < -0.39 is 27.6 Å². The van der Waals surface area contributed by atoms with Crippen LogP contribution >= 0.6 is 0 Å². The van der Waals surface area contributed by atoms with Crippen LogP contribution in [0.3, 0.4) is 0 Å². The van der Waals surface area contributed by atoms with E-state index in [0.29, 0.717) is 36.3 Å². The van der Waals surface area contributed by atoms with Crippen molar-refractivity contribution in [2.75, 3.05) is 37.8 Å². The van der Waals surface area contributed by atoms with Crippen LogP contribution in [0.5, 0.6) is 0 Å². The molecule has 52 heavy (non-hydrogen) atoms. The number of nitrogens with zero attached hydrogens (tertiary/aromatic N) is 1. The number of Topliss-reactive ketones (excluding diaryl/α,β-unsaturated/α-hetero) is 2. The molecule has 1 aliphatic carbocycles. The zero-order valence-electron chi connectivity index (χ0n) is 30.9. The molecule has 1 atom stereocenters. The number of ether oxygens (including phenoxy) is 1. The lowest BCUT2D eigenvalue weighted by Crippen LogP contribution is -2.37. The number of hydrogen-bond acceptors (Lipinski definition) is 8. The molecule has 0 radical (unpaired) electrons. The standard InChI is InChI=1S/C40H50N4O7S/c1-25-10-16-32(52(49,50)44(5)6)22-34(25)29-9-7-8-27(18-29)19-30(38(47)43-31-15-17-33-35(21-31)41-24-37(33)46)20-36(45)28-13-11-26(12-14-28)23-42-39(48)51-40(2,3)4/h7-10,15-18,21-22,26,28,30,41H,11-14,19-20,23-24H2,1-6H3,(H,42,48)(H,43,47)/t26?,28?,30-/m1/s1. The Kier molecular flexibility index (Phi) is 11.9. The van der Waals surface area contributed by atoms with Crippen LogP contribution in [0.15, 0.2) is 65.6 Å². The minimum atomic E-state index is -3.65. The molecular weight excluding hydrogens is 681 g/mol. The van der Waals surface area contributed by atoms with Gasteiger partial charge in [0.05, 0.1) is 11.4 Å². The van der Waals surface area contributed by atoms with Gasteiger partial charge in [-0.05, 0) is 118 Å². The van der Waals surface area contributed by atoms with Crippen LogP contribution in [0.2, 0.25) is 0 Å². The quantitative estimate of drug-likeness (QED) is 0.189. The van der Waals surface area contributed by atoms with Gasteiger partial charge in [0.2, 0.25) is 15.9 Å². The van der Waals surface area contributed by atoms with E-state index in [4.69, 9.17) is 4.74 Å². The lowest BCUT2D eigenvalue weighted by molar-refractivity contribution is -0.129. The zero-order valence-corrected chi connectivity index (χ0v) is 31.7. The Labute approximate surface area is 306 Å². The molecule has 3 aromatic rings. The van der Waals surface area contributed by atoms with E-state index in [1.54, 1.807) is 36.4 Å². The smallest absolute Gasteiger partial charge is 0.407 e. The number of nitrogens with one attached hydrogen (secondary N) is 3. The van der Waals surface area contributed by atoms with Gasteiger partial charge in [-0.1, -0.05) is 30.3 Å². The number of benzene rings is 3. The summed E-state index contributed by atoms with van der Waals surface area (Å²) in [6.45, 7) is 8.08. The molecule has 11 nitrogen and oxygen atoms in total. The number of carbonyl (C=O) groups is 4. The van der Waals surface area contributed by atoms with Crippen molar-refractivity contribution in [2.24, 2.45) is 17.8 Å². The number of aryl methyl sites for hydroxylation is 1. The van der Waals surface area contributed by atoms with Crippen molar-refractivity contribution < 1.29 is 32.3 Å². The summed E-state index contributed by atoms with van der Waals surface area (Å²) in [7, 11) is -0.654. The fourth-order valence-electron chi connectivity index (χ4n) is 6.86. The molecule has 3 aromatic carbocycles. The summed E-state index contributed by atoms with van der Waals surface area (Å²) in [5.74, 6) is -0.889. The Balaban J connectivity index is 1.32. The summed E-state index contributed by atoms with van der Waals surface area (Å²) >= 11 is 0. The molecule has 2 amide bonds. The molecule has 278 valence electrons. The molecule has 5 rings (SSSR count). The van der Waals surface area contributed by atoms with E-state index in [-0.39, 0.29) is 53.6 Å². The molecule has 12 heteroatoms. The molecule has 0 bridgehead atoms. The lowest BCUT2D eigenvalue weighted by atomic mass is 9.77. The molecule has 0 saturated heterocycles. The van der Waals surface area contributed by atoms with Crippen LogP contribution in [0.1, 0.15) is 74.4 Å². The second-order valence-electron chi connectivity index (χ2n) is 15.2. The average Bonchev–Trinajstić information content (AvgIpc) is 3.46. The van der Waals surface area contributed by atoms with E-state index in [0.717, 1.165) is 35.1 Å². The maximum atomic E-state index is 14.0. The summed E-state index contributed by atoms with van der Waals surface area (Å²) in [6.07, 6.45) is 2.83. The second-order valence-corrected chi connectivity index (χ2v) is 17.3. The van der Waals surface area contributed by atoms with Gasteiger partial charge in [0, 0.05) is 55.8 Å². The lowest BCUT2D eigenvalue weighted by Gasteiger charge is -2.29. The maximum Gasteiger partial charge on any atom is 0.407 e. The molecule has 0 unspecified atom stereocenters. The highest BCUT2D eigenvalue weighted by Gasteiger charge is 2.31. The summed E-state index contributed by atoms with van der Waals surface area (Å²) in [5, 5.41) is 8.90. The van der Waals surface area contributed by atoms with Crippen LogP contribution in [-0.4, -0.2) is 69.1 Å². The summed E-state index contributed by atoms with van der Waals surface area (Å²) in [5.41, 5.74) is 4.51. The number of fused-ring (bicyclic) bond motifs is 1. The number of ketones is 2. The first-order valence-corrected chi connectivity index (χ1v) is 19.3. The Hall–Kier alpha value is -4.55. The molecule has 0 aromatic heterocycles. The minimum Gasteiger partial charge on any atom is -0.444 e. The molecule has 1 saturated carbocycles. The number of rotatable bonds is 12. The van der Waals surface area contributed by atoms with Crippen LogP contribution in [0.25, 0.3) is 11.1 Å². The van der Waals surface area contributed by atoms with Crippen molar-refractivity contribution in [2.45, 2.75) is 76.7 Å². The highest BCUT2D eigenvalue weighted by atomic mass is 32.2. The number of amides is 2. The van der Waals surface area contributed by atoms with Gasteiger partial charge in [-0.25, -0.2) is 17.5 Å². The van der Waals surface area contributed by atoms with Crippen LogP contribution in [0.4, 0.5) is 16.2 Å². The number of hydrogen-bond donors (Lipinski definition) is 3. The van der Waals surface area contributed by atoms with Crippen molar-refractivity contribution in [3.63, 3.8) is 0 Å². The van der Waals surface area contributed by atoms with E-state index in [1.165, 1.54) is 18.4 Å². The van der Waals surface area contributed by atoms with Crippen molar-refractivity contribution in [3.8, 4) is 11.1 Å². The van der Waals surface area contributed by atoms with E-state index in [1.807, 2.05) is 52.0 Å². The predicted molar refractivity (Wildman–Crippen MR) is 202 cm³/mol. The minimum absolute atomic E-state index is 0.00772. The van der Waals surface area contributed by atoms with Crippen molar-refractivity contribution in [1.29, 1.82) is 0 Å². The van der Waals surface area contributed by atoms with E-state index in [9.17, 15) is 27.6 Å². The Morgan fingerprint density at radius 3 is 2.38 bits per heavy atom. The maximum absolute atomic E-state index is 14.0. The van der Waals surface area contributed by atoms with Crippen molar-refractivity contribution >= 4 is 45.0 Å². The van der Waals surface area contributed by atoms with Crippen LogP contribution in [-0.2, 0) is 30.8 Å². The number of carbonyl (C=O) groups excluding carboxylic acids is 4. The third-order valence-corrected chi connectivity index (χ3v) is 11.6. The second kappa shape index (κ2) is 16.0. The van der Waals surface area contributed by atoms with Gasteiger partial charge in [-0.2, -0.15) is 0 Å². The summed E-state index contributed by atoms with van der Waals surface area (Å²) in [6, 6.07) is 17.8. The van der Waals surface area contributed by atoms with E-state index >= 15 is 0 Å². The molecule has 1 heterocycles. The van der Waals surface area contributed by atoms with Crippen LogP contribution < -0.4 is 16.0 Å². The highest BCUT2D eigenvalue weighted by Crippen LogP contribution is 2.33. The fourth-order valence-corrected chi connectivity index (χ4v) is 7.79. The van der Waals surface area contributed by atoms with Crippen molar-refractivity contribution in [1.82, 2.24) is 9.62 Å². The van der Waals surface area contributed by atoms with Crippen LogP contribution in [0, 0.1) is 24.7 Å². The first kappa shape index (κ1) is 38.7. The average molecular weight is 731 g/mol. The zero-order chi connectivity index (χ0) is 37.8. The third kappa shape index (κ3) is 9.65. The van der Waals surface area contributed by atoms with Gasteiger partial charge < -0.3 is 20.7 Å². The Morgan fingerprint density at radius 1 is 0.962 bits per heavy atom. The summed E-state index contributed by atoms with van der Waals surface area (Å²) < 4.78 is 32.3. The number of alkyl carbamates (subject to hydrolysis) is 1. The normalized spacial score (nSPS) is 17.9. The Morgan fingerprint density at radius 2 is 1.69 bits per heavy atom. The number of anilines is 2. The van der Waals surface area contributed by atoms with Gasteiger partial charge in [-0.3, -0.25) is 14.4 Å². The van der Waals surface area contributed by atoms with Gasteiger partial charge in [0.15, 0.2) is 5.78 Å². The van der Waals surface area contributed by atoms with Crippen molar-refractivity contribution in [3.05, 3.63) is 77.4 Å². The van der Waals surface area contributed by atoms with Gasteiger partial charge in [0.1, 0.15) is 11.4 Å².